The number of hydrogen-bond donors (Lipinski definition) is 0. The summed E-state index contributed by atoms with van der Waals surface area (Å²) in [7, 11) is 0. The summed E-state index contributed by atoms with van der Waals surface area (Å²) in [6.45, 7) is 7.24. The Balaban J connectivity index is 1.91. The van der Waals surface area contributed by atoms with Crippen LogP contribution in [-0.2, 0) is 0 Å². The van der Waals surface area contributed by atoms with Gasteiger partial charge in [0.15, 0.2) is 0 Å². The lowest BCUT2D eigenvalue weighted by atomic mass is 9.72. The van der Waals surface area contributed by atoms with Gasteiger partial charge in [-0.3, -0.25) is 0 Å². The third-order valence-electron chi connectivity index (χ3n) is 3.99. The van der Waals surface area contributed by atoms with Crippen LogP contribution in [0.3, 0.4) is 0 Å². The average Bonchev–Trinajstić information content (AvgIpc) is 2.18. The van der Waals surface area contributed by atoms with E-state index in [2.05, 4.69) is 44.3 Å². The summed E-state index contributed by atoms with van der Waals surface area (Å²) in [4.78, 5) is 0. The van der Waals surface area contributed by atoms with Crippen molar-refractivity contribution >= 4 is 23.5 Å². The van der Waals surface area contributed by atoms with Gasteiger partial charge in [-0.15, -0.1) is 23.5 Å². The molecule has 0 radical (unpaired) electrons. The van der Waals surface area contributed by atoms with Crippen molar-refractivity contribution in [3.63, 3.8) is 0 Å². The van der Waals surface area contributed by atoms with Crippen LogP contribution in [0.25, 0.3) is 0 Å². The highest BCUT2D eigenvalue weighted by molar-refractivity contribution is 8.18. The van der Waals surface area contributed by atoms with Crippen LogP contribution in [-0.4, -0.2) is 15.6 Å². The van der Waals surface area contributed by atoms with Crippen molar-refractivity contribution in [1.82, 2.24) is 0 Å². The van der Waals surface area contributed by atoms with Crippen molar-refractivity contribution in [3.05, 3.63) is 0 Å². The summed E-state index contributed by atoms with van der Waals surface area (Å²) in [6.07, 6.45) is 7.28. The minimum Gasteiger partial charge on any atom is -0.144 e. The maximum Gasteiger partial charge on any atom is 0.0611 e. The monoisotopic (exact) mass is 244 g/mol. The molecule has 0 nitrogen and oxygen atoms in total. The van der Waals surface area contributed by atoms with E-state index in [-0.39, 0.29) is 0 Å². The highest BCUT2D eigenvalue weighted by Gasteiger charge is 2.40. The maximum atomic E-state index is 2.41. The van der Waals surface area contributed by atoms with Gasteiger partial charge in [0.25, 0.3) is 0 Å². The Bertz CT molecular complexity index is 201. The van der Waals surface area contributed by atoms with Gasteiger partial charge in [-0.1, -0.05) is 20.8 Å². The molecule has 15 heavy (non-hydrogen) atoms. The quantitative estimate of drug-likeness (QED) is 0.601. The van der Waals surface area contributed by atoms with Crippen LogP contribution in [0.2, 0.25) is 0 Å². The largest absolute Gasteiger partial charge is 0.144 e. The standard InChI is InChI=1S/C13H24S2/c1-12(2,3)11-5-7-13(8-6-11)14-9-4-10-15-13/h11H,4-10H2,1-3H3. The average molecular weight is 244 g/mol. The van der Waals surface area contributed by atoms with Crippen LogP contribution >= 0.6 is 23.5 Å². The zero-order chi connectivity index (χ0) is 10.9. The summed E-state index contributed by atoms with van der Waals surface area (Å²) in [5.41, 5.74) is 0.533. The fourth-order valence-corrected chi connectivity index (χ4v) is 6.22. The van der Waals surface area contributed by atoms with Gasteiger partial charge in [0.2, 0.25) is 0 Å². The first-order valence-corrected chi connectivity index (χ1v) is 8.27. The van der Waals surface area contributed by atoms with Gasteiger partial charge in [-0.2, -0.15) is 0 Å². The molecule has 1 heterocycles. The summed E-state index contributed by atoms with van der Waals surface area (Å²) >= 11 is 4.52. The molecule has 88 valence electrons. The van der Waals surface area contributed by atoms with Gasteiger partial charge in [0, 0.05) is 0 Å². The lowest BCUT2D eigenvalue weighted by Gasteiger charge is -2.45. The topological polar surface area (TPSA) is 0 Å². The fraction of sp³-hybridized carbons (Fsp3) is 1.00. The summed E-state index contributed by atoms with van der Waals surface area (Å²) in [6, 6.07) is 0. The number of hydrogen-bond acceptors (Lipinski definition) is 2. The first kappa shape index (κ1) is 12.2. The van der Waals surface area contributed by atoms with Gasteiger partial charge >= 0.3 is 0 Å². The van der Waals surface area contributed by atoms with Crippen molar-refractivity contribution in [2.45, 2.75) is 57.0 Å². The molecule has 1 saturated heterocycles. The number of thioether (sulfide) groups is 2. The summed E-state index contributed by atoms with van der Waals surface area (Å²) < 4.78 is 0.639. The molecule has 1 aliphatic carbocycles. The SMILES string of the molecule is CC(C)(C)C1CCC2(CC1)SCCCS2. The molecular weight excluding hydrogens is 220 g/mol. The van der Waals surface area contributed by atoms with E-state index in [0.29, 0.717) is 9.49 Å². The van der Waals surface area contributed by atoms with Crippen LogP contribution in [0.1, 0.15) is 52.9 Å². The van der Waals surface area contributed by atoms with E-state index < -0.39 is 0 Å². The maximum absolute atomic E-state index is 2.41. The molecule has 0 unspecified atom stereocenters. The molecule has 0 aromatic rings. The van der Waals surface area contributed by atoms with E-state index in [0.717, 1.165) is 5.92 Å². The highest BCUT2D eigenvalue weighted by Crippen LogP contribution is 2.54. The molecular formula is C13H24S2. The van der Waals surface area contributed by atoms with Gasteiger partial charge in [0.1, 0.15) is 0 Å². The Morgan fingerprint density at radius 1 is 1.00 bits per heavy atom. The zero-order valence-electron chi connectivity index (χ0n) is 10.3. The Hall–Kier alpha value is 0.700. The third kappa shape index (κ3) is 2.88. The Labute approximate surface area is 103 Å². The van der Waals surface area contributed by atoms with Crippen LogP contribution in [0.4, 0.5) is 0 Å². The summed E-state index contributed by atoms with van der Waals surface area (Å²) in [5, 5.41) is 0. The van der Waals surface area contributed by atoms with Crippen molar-refractivity contribution in [2.24, 2.45) is 11.3 Å². The van der Waals surface area contributed by atoms with Crippen molar-refractivity contribution in [3.8, 4) is 0 Å². The normalized spacial score (nSPS) is 28.2. The molecule has 0 atom stereocenters. The minimum atomic E-state index is 0.533. The van der Waals surface area contributed by atoms with Gasteiger partial charge in [0.05, 0.1) is 4.08 Å². The minimum absolute atomic E-state index is 0.533. The van der Waals surface area contributed by atoms with Crippen molar-refractivity contribution in [2.75, 3.05) is 11.5 Å². The van der Waals surface area contributed by atoms with Crippen molar-refractivity contribution < 1.29 is 0 Å². The lowest BCUT2D eigenvalue weighted by molar-refractivity contribution is 0.177. The van der Waals surface area contributed by atoms with Crippen LogP contribution in [0.5, 0.6) is 0 Å². The lowest BCUT2D eigenvalue weighted by Crippen LogP contribution is -2.34. The Morgan fingerprint density at radius 3 is 2.00 bits per heavy atom. The summed E-state index contributed by atoms with van der Waals surface area (Å²) in [5.74, 6) is 3.78. The molecule has 0 aromatic carbocycles. The van der Waals surface area contributed by atoms with E-state index in [1.807, 2.05) is 0 Å². The Morgan fingerprint density at radius 2 is 1.53 bits per heavy atom. The molecule has 1 saturated carbocycles. The van der Waals surface area contributed by atoms with E-state index in [4.69, 9.17) is 0 Å². The first-order chi connectivity index (χ1) is 7.02. The third-order valence-corrected chi connectivity index (χ3v) is 7.55. The first-order valence-electron chi connectivity index (χ1n) is 6.30. The van der Waals surface area contributed by atoms with Crippen molar-refractivity contribution in [1.29, 1.82) is 0 Å². The van der Waals surface area contributed by atoms with Gasteiger partial charge < -0.3 is 0 Å². The van der Waals surface area contributed by atoms with Gasteiger partial charge in [-0.25, -0.2) is 0 Å². The molecule has 0 amide bonds. The van der Waals surface area contributed by atoms with E-state index in [9.17, 15) is 0 Å². The predicted molar refractivity (Wildman–Crippen MR) is 73.7 cm³/mol. The molecule has 2 fully saturated rings. The molecule has 2 heteroatoms. The fourth-order valence-electron chi connectivity index (χ4n) is 2.83. The van der Waals surface area contributed by atoms with E-state index >= 15 is 0 Å². The van der Waals surface area contributed by atoms with Crippen LogP contribution in [0.15, 0.2) is 0 Å². The van der Waals surface area contributed by atoms with Gasteiger partial charge in [-0.05, 0) is 54.9 Å². The molecule has 2 rings (SSSR count). The second-order valence-electron chi connectivity index (χ2n) is 6.10. The van der Waals surface area contributed by atoms with Crippen LogP contribution < -0.4 is 0 Å². The molecule has 0 bridgehead atoms. The second-order valence-corrected chi connectivity index (χ2v) is 9.32. The molecule has 1 aliphatic heterocycles. The second kappa shape index (κ2) is 4.52. The molecule has 2 aliphatic rings. The molecule has 0 aromatic heterocycles. The molecule has 1 spiro atoms. The van der Waals surface area contributed by atoms with Crippen LogP contribution in [0, 0.1) is 11.3 Å². The molecule has 0 N–H and O–H groups in total. The number of rotatable bonds is 0. The predicted octanol–water partition coefficient (Wildman–Crippen LogP) is 4.79. The smallest absolute Gasteiger partial charge is 0.0611 e. The van der Waals surface area contributed by atoms with E-state index in [1.54, 1.807) is 0 Å². The van der Waals surface area contributed by atoms with E-state index in [1.165, 1.54) is 43.6 Å². The highest BCUT2D eigenvalue weighted by atomic mass is 32.2. The zero-order valence-corrected chi connectivity index (χ0v) is 12.0. The Kier molecular flexibility index (Phi) is 3.67.